The molecule has 1 rings (SSSR count). The zero-order chi connectivity index (χ0) is 10.6. The molecular formula is C9H17N3O2. The second-order valence-corrected chi connectivity index (χ2v) is 3.67. The van der Waals surface area contributed by atoms with E-state index in [4.69, 9.17) is 5.73 Å². The lowest BCUT2D eigenvalue weighted by Crippen LogP contribution is -2.44. The average Bonchev–Trinajstić information content (AvgIpc) is 2.31. The van der Waals surface area contributed by atoms with Gasteiger partial charge in [-0.1, -0.05) is 0 Å². The summed E-state index contributed by atoms with van der Waals surface area (Å²) >= 11 is 0. The Morgan fingerprint density at radius 1 is 1.64 bits per heavy atom. The van der Waals surface area contributed by atoms with E-state index >= 15 is 0 Å². The van der Waals surface area contributed by atoms with Gasteiger partial charge in [-0.15, -0.1) is 0 Å². The van der Waals surface area contributed by atoms with Crippen LogP contribution in [-0.2, 0) is 9.59 Å². The van der Waals surface area contributed by atoms with Gasteiger partial charge in [0.1, 0.15) is 0 Å². The van der Waals surface area contributed by atoms with Gasteiger partial charge in [0, 0.05) is 19.0 Å². The number of amides is 2. The molecule has 0 bridgehead atoms. The van der Waals surface area contributed by atoms with E-state index in [9.17, 15) is 9.59 Å². The van der Waals surface area contributed by atoms with Crippen molar-refractivity contribution in [3.8, 4) is 0 Å². The molecule has 14 heavy (non-hydrogen) atoms. The highest BCUT2D eigenvalue weighted by molar-refractivity contribution is 5.81. The van der Waals surface area contributed by atoms with Gasteiger partial charge in [-0.3, -0.25) is 9.59 Å². The molecule has 1 saturated heterocycles. The SMILES string of the molecule is C[C@H](N)C(=O)NC1CCNC(=O)CC1. The third kappa shape index (κ3) is 3.33. The maximum Gasteiger partial charge on any atom is 0.236 e. The van der Waals surface area contributed by atoms with E-state index in [1.54, 1.807) is 6.92 Å². The topological polar surface area (TPSA) is 84.2 Å². The summed E-state index contributed by atoms with van der Waals surface area (Å²) in [5, 5.41) is 5.58. The molecule has 0 aliphatic carbocycles. The van der Waals surface area contributed by atoms with Gasteiger partial charge < -0.3 is 16.4 Å². The molecule has 0 radical (unpaired) electrons. The van der Waals surface area contributed by atoms with Crippen LogP contribution in [0.2, 0.25) is 0 Å². The van der Waals surface area contributed by atoms with Crippen molar-refractivity contribution in [2.24, 2.45) is 5.73 Å². The normalized spacial score (nSPS) is 24.7. The van der Waals surface area contributed by atoms with Crippen LogP contribution in [0.15, 0.2) is 0 Å². The summed E-state index contributed by atoms with van der Waals surface area (Å²) in [5.74, 6) is -0.0908. The highest BCUT2D eigenvalue weighted by atomic mass is 16.2. The van der Waals surface area contributed by atoms with Gasteiger partial charge >= 0.3 is 0 Å². The van der Waals surface area contributed by atoms with Gasteiger partial charge in [0.2, 0.25) is 11.8 Å². The van der Waals surface area contributed by atoms with Crippen molar-refractivity contribution in [1.29, 1.82) is 0 Å². The highest BCUT2D eigenvalue weighted by Crippen LogP contribution is 2.05. The number of carbonyl (C=O) groups excluding carboxylic acids is 2. The van der Waals surface area contributed by atoms with Crippen LogP contribution < -0.4 is 16.4 Å². The van der Waals surface area contributed by atoms with Gasteiger partial charge in [0.25, 0.3) is 0 Å². The number of carbonyl (C=O) groups is 2. The van der Waals surface area contributed by atoms with Gasteiger partial charge in [-0.2, -0.15) is 0 Å². The summed E-state index contributed by atoms with van der Waals surface area (Å²) in [5.41, 5.74) is 5.42. The third-order valence-electron chi connectivity index (χ3n) is 2.29. The summed E-state index contributed by atoms with van der Waals surface area (Å²) in [6.07, 6.45) is 1.96. The number of hydrogen-bond acceptors (Lipinski definition) is 3. The number of nitrogens with two attached hydrogens (primary N) is 1. The minimum Gasteiger partial charge on any atom is -0.356 e. The monoisotopic (exact) mass is 199 g/mol. The molecule has 2 amide bonds. The molecule has 1 unspecified atom stereocenters. The molecule has 2 atom stereocenters. The molecular weight excluding hydrogens is 182 g/mol. The molecule has 4 N–H and O–H groups in total. The van der Waals surface area contributed by atoms with Crippen LogP contribution in [-0.4, -0.2) is 30.4 Å². The van der Waals surface area contributed by atoms with Crippen LogP contribution in [0.25, 0.3) is 0 Å². The molecule has 1 fully saturated rings. The van der Waals surface area contributed by atoms with Crippen LogP contribution in [0.3, 0.4) is 0 Å². The third-order valence-corrected chi connectivity index (χ3v) is 2.29. The molecule has 5 heteroatoms. The van der Waals surface area contributed by atoms with Crippen molar-refractivity contribution in [3.05, 3.63) is 0 Å². The van der Waals surface area contributed by atoms with Crippen LogP contribution in [0, 0.1) is 0 Å². The van der Waals surface area contributed by atoms with E-state index in [-0.39, 0.29) is 17.9 Å². The van der Waals surface area contributed by atoms with Crippen molar-refractivity contribution in [3.63, 3.8) is 0 Å². The zero-order valence-corrected chi connectivity index (χ0v) is 8.38. The molecule has 0 saturated carbocycles. The molecule has 0 aromatic carbocycles. The first-order valence-corrected chi connectivity index (χ1v) is 4.92. The molecule has 1 aliphatic rings. The van der Waals surface area contributed by atoms with Gasteiger partial charge in [-0.25, -0.2) is 0 Å². The van der Waals surface area contributed by atoms with Crippen molar-refractivity contribution in [2.45, 2.75) is 38.3 Å². The molecule has 80 valence electrons. The quantitative estimate of drug-likeness (QED) is 0.540. The minimum absolute atomic E-state index is 0.0579. The smallest absolute Gasteiger partial charge is 0.236 e. The Morgan fingerprint density at radius 3 is 3.00 bits per heavy atom. The first-order chi connectivity index (χ1) is 6.59. The standard InChI is InChI=1S/C9H17N3O2/c1-6(10)9(14)12-7-2-3-8(13)11-5-4-7/h6-7H,2-5,10H2,1H3,(H,11,13)(H,12,14)/t6-,7?/m0/s1. The van der Waals surface area contributed by atoms with Crippen LogP contribution in [0.5, 0.6) is 0 Å². The highest BCUT2D eigenvalue weighted by Gasteiger charge is 2.18. The number of nitrogens with one attached hydrogen (secondary N) is 2. The second kappa shape index (κ2) is 4.95. The maximum absolute atomic E-state index is 11.3. The van der Waals surface area contributed by atoms with E-state index in [1.807, 2.05) is 0 Å². The molecule has 1 aliphatic heterocycles. The summed E-state index contributed by atoms with van der Waals surface area (Å²) in [7, 11) is 0. The van der Waals surface area contributed by atoms with Gasteiger partial charge in [0.05, 0.1) is 6.04 Å². The van der Waals surface area contributed by atoms with E-state index in [1.165, 1.54) is 0 Å². The minimum atomic E-state index is -0.484. The van der Waals surface area contributed by atoms with E-state index in [2.05, 4.69) is 10.6 Å². The molecule has 5 nitrogen and oxygen atoms in total. The summed E-state index contributed by atoms with van der Waals surface area (Å²) < 4.78 is 0. The molecule has 0 aromatic rings. The van der Waals surface area contributed by atoms with E-state index in [0.717, 1.165) is 6.42 Å². The maximum atomic E-state index is 11.3. The first-order valence-electron chi connectivity index (χ1n) is 4.92. The van der Waals surface area contributed by atoms with Crippen molar-refractivity contribution >= 4 is 11.8 Å². The zero-order valence-electron chi connectivity index (χ0n) is 8.38. The molecule has 0 aromatic heterocycles. The second-order valence-electron chi connectivity index (χ2n) is 3.67. The van der Waals surface area contributed by atoms with E-state index in [0.29, 0.717) is 19.4 Å². The molecule has 0 spiro atoms. The fourth-order valence-corrected chi connectivity index (χ4v) is 1.40. The summed E-state index contributed by atoms with van der Waals surface area (Å²) in [6.45, 7) is 2.28. The number of rotatable bonds is 2. The Labute approximate surface area is 83.4 Å². The fraction of sp³-hybridized carbons (Fsp3) is 0.778. The Balaban J connectivity index is 2.37. The number of hydrogen-bond donors (Lipinski definition) is 3. The molecule has 1 heterocycles. The Morgan fingerprint density at radius 2 is 2.36 bits per heavy atom. The van der Waals surface area contributed by atoms with Crippen LogP contribution in [0.1, 0.15) is 26.2 Å². The van der Waals surface area contributed by atoms with Crippen molar-refractivity contribution < 1.29 is 9.59 Å². The van der Waals surface area contributed by atoms with Crippen molar-refractivity contribution in [1.82, 2.24) is 10.6 Å². The van der Waals surface area contributed by atoms with Crippen molar-refractivity contribution in [2.75, 3.05) is 6.54 Å². The van der Waals surface area contributed by atoms with Gasteiger partial charge in [0.15, 0.2) is 0 Å². The lowest BCUT2D eigenvalue weighted by atomic mass is 10.1. The van der Waals surface area contributed by atoms with E-state index < -0.39 is 6.04 Å². The fourth-order valence-electron chi connectivity index (χ4n) is 1.40. The predicted octanol–water partition coefficient (Wildman–Crippen LogP) is -0.881. The summed E-state index contributed by atoms with van der Waals surface area (Å²) in [6, 6.07) is -0.408. The lowest BCUT2D eigenvalue weighted by molar-refractivity contribution is -0.123. The Bertz CT molecular complexity index is 228. The van der Waals surface area contributed by atoms with Crippen LogP contribution in [0.4, 0.5) is 0 Å². The Kier molecular flexibility index (Phi) is 3.88. The predicted molar refractivity (Wildman–Crippen MR) is 52.4 cm³/mol. The Hall–Kier alpha value is -1.10. The summed E-state index contributed by atoms with van der Waals surface area (Å²) in [4.78, 5) is 22.3. The van der Waals surface area contributed by atoms with Crippen LogP contribution >= 0.6 is 0 Å². The first kappa shape index (κ1) is 11.0. The van der Waals surface area contributed by atoms with Gasteiger partial charge in [-0.05, 0) is 19.8 Å². The largest absolute Gasteiger partial charge is 0.356 e. The lowest BCUT2D eigenvalue weighted by Gasteiger charge is -2.16. The average molecular weight is 199 g/mol.